The number of phenolic OH excluding ortho intramolecular Hbond substituents is 1. The summed E-state index contributed by atoms with van der Waals surface area (Å²) in [5, 5.41) is 22.1. The number of hydrogen-bond donors (Lipinski definition) is 3. The standard InChI is InChI=1S/C27H27N5O4S/c1-4-36-24-15-19(7-14-23(24)33)16-28-29-25(34)17-37-27-31-30-26(20-8-5-18(2)6-9-20)32(27)21-10-12-22(35-3)13-11-21/h5-16H,4,17H2,1-3H3,(H2,28,29,33,34)/p+1. The number of aromatic amines is 1. The first-order valence-corrected chi connectivity index (χ1v) is 12.6. The highest BCUT2D eigenvalue weighted by Gasteiger charge is 2.24. The summed E-state index contributed by atoms with van der Waals surface area (Å²) < 4.78 is 12.6. The maximum atomic E-state index is 12.5. The number of nitrogens with zero attached hydrogens (tertiary/aromatic N) is 3. The molecule has 0 bridgehead atoms. The zero-order valence-electron chi connectivity index (χ0n) is 20.8. The first-order chi connectivity index (χ1) is 18.0. The Morgan fingerprint density at radius 1 is 1.16 bits per heavy atom. The number of ether oxygens (including phenoxy) is 2. The molecule has 0 atom stereocenters. The van der Waals surface area contributed by atoms with Gasteiger partial charge in [0.2, 0.25) is 0 Å². The van der Waals surface area contributed by atoms with Crippen LogP contribution in [0.25, 0.3) is 17.1 Å². The van der Waals surface area contributed by atoms with E-state index in [1.54, 1.807) is 19.2 Å². The maximum Gasteiger partial charge on any atom is 0.342 e. The van der Waals surface area contributed by atoms with E-state index in [2.05, 4.69) is 20.7 Å². The summed E-state index contributed by atoms with van der Waals surface area (Å²) >= 11 is 1.29. The van der Waals surface area contributed by atoms with Crippen molar-refractivity contribution in [3.8, 4) is 34.3 Å². The summed E-state index contributed by atoms with van der Waals surface area (Å²) in [5.41, 5.74) is 6.22. The van der Waals surface area contributed by atoms with Gasteiger partial charge in [0.05, 0.1) is 36.3 Å². The van der Waals surface area contributed by atoms with Gasteiger partial charge in [-0.15, -0.1) is 5.10 Å². The van der Waals surface area contributed by atoms with E-state index in [4.69, 9.17) is 9.47 Å². The van der Waals surface area contributed by atoms with E-state index in [1.807, 2.05) is 66.9 Å². The summed E-state index contributed by atoms with van der Waals surface area (Å²) in [7, 11) is 1.62. The Morgan fingerprint density at radius 2 is 1.92 bits per heavy atom. The van der Waals surface area contributed by atoms with Gasteiger partial charge in [0.15, 0.2) is 11.5 Å². The van der Waals surface area contributed by atoms with Gasteiger partial charge in [0, 0.05) is 0 Å². The first-order valence-electron chi connectivity index (χ1n) is 11.6. The van der Waals surface area contributed by atoms with E-state index in [9.17, 15) is 9.90 Å². The van der Waals surface area contributed by atoms with Gasteiger partial charge < -0.3 is 14.6 Å². The van der Waals surface area contributed by atoms with Crippen molar-refractivity contribution < 1.29 is 23.9 Å². The molecule has 0 aliphatic carbocycles. The number of methoxy groups -OCH3 is 1. The molecule has 0 aliphatic heterocycles. The van der Waals surface area contributed by atoms with Gasteiger partial charge in [-0.1, -0.05) is 17.7 Å². The number of hydrogen-bond acceptors (Lipinski definition) is 7. The van der Waals surface area contributed by atoms with Gasteiger partial charge in [-0.25, -0.2) is 5.43 Å². The van der Waals surface area contributed by atoms with Crippen LogP contribution in [0.2, 0.25) is 0 Å². The molecular formula is C27H28N5O4S+. The van der Waals surface area contributed by atoms with Crippen LogP contribution in [0.5, 0.6) is 17.2 Å². The Balaban J connectivity index is 1.48. The Kier molecular flexibility index (Phi) is 8.42. The first kappa shape index (κ1) is 25.8. The molecule has 0 radical (unpaired) electrons. The molecule has 37 heavy (non-hydrogen) atoms. The molecular weight excluding hydrogens is 490 g/mol. The molecule has 1 amide bonds. The second kappa shape index (κ2) is 12.1. The van der Waals surface area contributed by atoms with Crippen molar-refractivity contribution >= 4 is 23.9 Å². The maximum absolute atomic E-state index is 12.5. The van der Waals surface area contributed by atoms with Crippen LogP contribution in [-0.2, 0) is 4.79 Å². The van der Waals surface area contributed by atoms with Crippen LogP contribution in [0.4, 0.5) is 0 Å². The lowest BCUT2D eigenvalue weighted by Gasteiger charge is -2.06. The SMILES string of the molecule is CCOc1cc(C=NNC(=O)CSc2n[nH]c(-c3ccc(C)cc3)[n+]2-c2ccc(OC)cc2)ccc1O. The minimum atomic E-state index is -0.286. The number of H-pyrrole nitrogens is 1. The predicted molar refractivity (Wildman–Crippen MR) is 143 cm³/mol. The van der Waals surface area contributed by atoms with Crippen LogP contribution in [0.15, 0.2) is 77.0 Å². The summed E-state index contributed by atoms with van der Waals surface area (Å²) in [6.45, 7) is 4.30. The molecule has 4 rings (SSSR count). The molecule has 0 saturated heterocycles. The lowest BCUT2D eigenvalue weighted by Crippen LogP contribution is -2.34. The highest BCUT2D eigenvalue weighted by atomic mass is 32.2. The molecule has 4 aromatic rings. The predicted octanol–water partition coefficient (Wildman–Crippen LogP) is 4.02. The smallest absolute Gasteiger partial charge is 0.342 e. The van der Waals surface area contributed by atoms with Gasteiger partial charge in [-0.05, 0) is 85.8 Å². The fraction of sp³-hybridized carbons (Fsp3) is 0.185. The van der Waals surface area contributed by atoms with E-state index < -0.39 is 0 Å². The molecule has 10 heteroatoms. The monoisotopic (exact) mass is 518 g/mol. The van der Waals surface area contributed by atoms with Crippen LogP contribution in [0, 0.1) is 6.92 Å². The number of carbonyl (C=O) groups excluding carboxylic acids is 1. The van der Waals surface area contributed by atoms with Crippen LogP contribution in [-0.4, -0.2) is 46.9 Å². The molecule has 1 aromatic heterocycles. The zero-order valence-corrected chi connectivity index (χ0v) is 21.6. The second-order valence-corrected chi connectivity index (χ2v) is 8.94. The third-order valence-corrected chi connectivity index (χ3v) is 6.29. The van der Waals surface area contributed by atoms with Crippen LogP contribution < -0.4 is 19.5 Å². The van der Waals surface area contributed by atoms with Gasteiger partial charge in [0.25, 0.3) is 11.7 Å². The fourth-order valence-electron chi connectivity index (χ4n) is 3.49. The average Bonchev–Trinajstić information content (AvgIpc) is 3.34. The molecule has 0 unspecified atom stereocenters. The Bertz CT molecular complexity index is 1390. The molecule has 0 saturated carbocycles. The average molecular weight is 519 g/mol. The molecule has 190 valence electrons. The summed E-state index contributed by atoms with van der Waals surface area (Å²) in [6.07, 6.45) is 1.49. The number of aromatic hydroxyl groups is 1. The number of carbonyl (C=O) groups is 1. The minimum absolute atomic E-state index is 0.0496. The molecule has 0 fully saturated rings. The van der Waals surface area contributed by atoms with Gasteiger partial charge in [-0.2, -0.15) is 9.67 Å². The number of thioether (sulfide) groups is 1. The summed E-state index contributed by atoms with van der Waals surface area (Å²) in [5.74, 6) is 1.77. The Morgan fingerprint density at radius 3 is 2.62 bits per heavy atom. The Hall–Kier alpha value is -4.31. The fourth-order valence-corrected chi connectivity index (χ4v) is 4.25. The number of aromatic nitrogens is 3. The largest absolute Gasteiger partial charge is 0.504 e. The van der Waals surface area contributed by atoms with Crippen molar-refractivity contribution in [3.63, 3.8) is 0 Å². The summed E-state index contributed by atoms with van der Waals surface area (Å²) in [4.78, 5) is 12.5. The molecule has 3 N–H and O–H groups in total. The van der Waals surface area contributed by atoms with Crippen LogP contribution in [0.1, 0.15) is 18.1 Å². The normalized spacial score (nSPS) is 11.0. The van der Waals surface area contributed by atoms with E-state index in [0.717, 1.165) is 28.4 Å². The number of benzene rings is 3. The molecule has 1 heterocycles. The van der Waals surface area contributed by atoms with E-state index in [-0.39, 0.29) is 17.4 Å². The van der Waals surface area contributed by atoms with Crippen LogP contribution in [0.3, 0.4) is 0 Å². The van der Waals surface area contributed by atoms with Gasteiger partial charge in [-0.3, -0.25) is 4.79 Å². The molecule has 0 spiro atoms. The van der Waals surface area contributed by atoms with Crippen LogP contribution >= 0.6 is 11.8 Å². The third-order valence-electron chi connectivity index (χ3n) is 5.35. The van der Waals surface area contributed by atoms with E-state index in [0.29, 0.717) is 23.1 Å². The Labute approximate surface area is 219 Å². The molecule has 0 aliphatic rings. The highest BCUT2D eigenvalue weighted by Crippen LogP contribution is 2.26. The van der Waals surface area contributed by atoms with Gasteiger partial charge >= 0.3 is 5.16 Å². The van der Waals surface area contributed by atoms with Gasteiger partial charge in [0.1, 0.15) is 11.4 Å². The van der Waals surface area contributed by atoms with E-state index >= 15 is 0 Å². The minimum Gasteiger partial charge on any atom is -0.504 e. The zero-order chi connectivity index (χ0) is 26.2. The lowest BCUT2D eigenvalue weighted by atomic mass is 10.1. The number of aryl methyl sites for hydroxylation is 1. The topological polar surface area (TPSA) is 113 Å². The number of amides is 1. The summed E-state index contributed by atoms with van der Waals surface area (Å²) in [6, 6.07) is 20.6. The van der Waals surface area contributed by atoms with Crippen molar-refractivity contribution in [2.45, 2.75) is 19.0 Å². The van der Waals surface area contributed by atoms with Crippen molar-refractivity contribution in [1.82, 2.24) is 15.6 Å². The second-order valence-electron chi connectivity index (χ2n) is 8.00. The molecule has 3 aromatic carbocycles. The van der Waals surface area contributed by atoms with Crippen molar-refractivity contribution in [3.05, 3.63) is 77.9 Å². The quantitative estimate of drug-likeness (QED) is 0.127. The van der Waals surface area contributed by atoms with E-state index in [1.165, 1.54) is 24.0 Å². The number of nitrogens with one attached hydrogen (secondary N) is 2. The number of phenols is 1. The number of hydrazone groups is 1. The van der Waals surface area contributed by atoms with Crippen molar-refractivity contribution in [2.75, 3.05) is 19.5 Å². The van der Waals surface area contributed by atoms with Crippen molar-refractivity contribution in [2.24, 2.45) is 5.10 Å². The molecule has 9 nitrogen and oxygen atoms in total. The highest BCUT2D eigenvalue weighted by molar-refractivity contribution is 7.99. The lowest BCUT2D eigenvalue weighted by molar-refractivity contribution is -0.625. The number of rotatable bonds is 10. The third kappa shape index (κ3) is 6.47. The van der Waals surface area contributed by atoms with Crippen molar-refractivity contribution in [1.29, 1.82) is 0 Å².